The third kappa shape index (κ3) is 4.06. The molecule has 0 saturated heterocycles. The Hall–Kier alpha value is -2.34. The molecule has 0 aliphatic carbocycles. The average molecular weight is 303 g/mol. The van der Waals surface area contributed by atoms with Crippen LogP contribution in [0.4, 0.5) is 10.5 Å². The number of hydrogen-bond acceptors (Lipinski definition) is 4. The monoisotopic (exact) mass is 303 g/mol. The number of rotatable bonds is 4. The number of imide groups is 1. The molecule has 0 unspecified atom stereocenters. The largest absolute Gasteiger partial charge is 0.374 e. The highest BCUT2D eigenvalue weighted by atomic mass is 32.1. The van der Waals surface area contributed by atoms with Crippen molar-refractivity contribution in [1.29, 1.82) is 0 Å². The molecular weight excluding hydrogens is 286 g/mol. The lowest BCUT2D eigenvalue weighted by atomic mass is 10.1. The number of thiophene rings is 1. The molecule has 2 aromatic rings. The summed E-state index contributed by atoms with van der Waals surface area (Å²) in [6.45, 7) is 1.70. The van der Waals surface area contributed by atoms with Gasteiger partial charge in [-0.2, -0.15) is 11.3 Å². The summed E-state index contributed by atoms with van der Waals surface area (Å²) in [5.41, 5.74) is 3.06. The van der Waals surface area contributed by atoms with Crippen LogP contribution in [0.15, 0.2) is 41.1 Å². The smallest absolute Gasteiger partial charge is 0.321 e. The standard InChI is InChI=1S/C15H17N3O2S/c1-10(14(19)18-15(20)16-2)17-13-5-3-4-11(8-13)12-6-7-21-9-12/h3-10,17H,1-2H3,(H2,16,18,19,20)/t10-/m1/s1. The highest BCUT2D eigenvalue weighted by Crippen LogP contribution is 2.24. The molecule has 1 atom stereocenters. The summed E-state index contributed by atoms with van der Waals surface area (Å²) in [6, 6.07) is 8.83. The molecule has 3 amide bonds. The molecule has 0 bridgehead atoms. The Bertz CT molecular complexity index is 626. The zero-order valence-corrected chi connectivity index (χ0v) is 12.7. The second-order valence-corrected chi connectivity index (χ2v) is 5.31. The molecule has 1 aromatic carbocycles. The molecule has 3 N–H and O–H groups in total. The number of nitrogens with one attached hydrogen (secondary N) is 3. The van der Waals surface area contributed by atoms with Crippen LogP contribution in [-0.2, 0) is 4.79 Å². The van der Waals surface area contributed by atoms with Gasteiger partial charge in [0.2, 0.25) is 5.91 Å². The van der Waals surface area contributed by atoms with Crippen LogP contribution in [0.1, 0.15) is 6.92 Å². The van der Waals surface area contributed by atoms with Crippen LogP contribution in [-0.4, -0.2) is 25.0 Å². The molecule has 1 heterocycles. The van der Waals surface area contributed by atoms with E-state index in [4.69, 9.17) is 0 Å². The van der Waals surface area contributed by atoms with E-state index in [-0.39, 0.29) is 5.91 Å². The number of carbonyl (C=O) groups excluding carboxylic acids is 2. The topological polar surface area (TPSA) is 70.2 Å². The second-order valence-electron chi connectivity index (χ2n) is 4.53. The highest BCUT2D eigenvalue weighted by Gasteiger charge is 2.14. The van der Waals surface area contributed by atoms with Crippen molar-refractivity contribution >= 4 is 29.0 Å². The van der Waals surface area contributed by atoms with Crippen LogP contribution in [0.3, 0.4) is 0 Å². The molecule has 0 aliphatic rings. The minimum absolute atomic E-state index is 0.379. The normalized spacial score (nSPS) is 11.5. The Morgan fingerprint density at radius 1 is 1.19 bits per heavy atom. The van der Waals surface area contributed by atoms with E-state index in [2.05, 4.69) is 21.3 Å². The molecule has 6 heteroatoms. The molecule has 0 fully saturated rings. The zero-order chi connectivity index (χ0) is 15.2. The summed E-state index contributed by atoms with van der Waals surface area (Å²) >= 11 is 1.64. The van der Waals surface area contributed by atoms with Gasteiger partial charge in [0.1, 0.15) is 6.04 Å². The van der Waals surface area contributed by atoms with E-state index in [0.717, 1.165) is 16.8 Å². The minimum Gasteiger partial charge on any atom is -0.374 e. The van der Waals surface area contributed by atoms with Crippen molar-refractivity contribution in [2.75, 3.05) is 12.4 Å². The second kappa shape index (κ2) is 6.90. The fourth-order valence-electron chi connectivity index (χ4n) is 1.82. The van der Waals surface area contributed by atoms with E-state index in [9.17, 15) is 9.59 Å². The van der Waals surface area contributed by atoms with Crippen LogP contribution in [0.5, 0.6) is 0 Å². The van der Waals surface area contributed by atoms with E-state index in [1.54, 1.807) is 18.3 Å². The SMILES string of the molecule is CNC(=O)NC(=O)[C@@H](C)Nc1cccc(-c2ccsc2)c1. The zero-order valence-electron chi connectivity index (χ0n) is 11.8. The van der Waals surface area contributed by atoms with Crippen LogP contribution in [0.2, 0.25) is 0 Å². The number of amides is 3. The fraction of sp³-hybridized carbons (Fsp3) is 0.200. The van der Waals surface area contributed by atoms with Crippen molar-refractivity contribution in [2.24, 2.45) is 0 Å². The van der Waals surface area contributed by atoms with Crippen LogP contribution in [0.25, 0.3) is 11.1 Å². The van der Waals surface area contributed by atoms with Gasteiger partial charge in [0, 0.05) is 12.7 Å². The van der Waals surface area contributed by atoms with Crippen LogP contribution in [0, 0.1) is 0 Å². The van der Waals surface area contributed by atoms with Gasteiger partial charge in [-0.05, 0) is 47.0 Å². The lowest BCUT2D eigenvalue weighted by molar-refractivity contribution is -0.120. The third-order valence-electron chi connectivity index (χ3n) is 2.96. The van der Waals surface area contributed by atoms with E-state index in [0.29, 0.717) is 0 Å². The summed E-state index contributed by atoms with van der Waals surface area (Å²) in [4.78, 5) is 22.9. The highest BCUT2D eigenvalue weighted by molar-refractivity contribution is 7.08. The number of carbonyl (C=O) groups is 2. The molecule has 1 aromatic heterocycles. The third-order valence-corrected chi connectivity index (χ3v) is 3.64. The summed E-state index contributed by atoms with van der Waals surface area (Å²) in [6.07, 6.45) is 0. The van der Waals surface area contributed by atoms with Gasteiger partial charge >= 0.3 is 6.03 Å². The molecule has 21 heavy (non-hydrogen) atoms. The van der Waals surface area contributed by atoms with E-state index >= 15 is 0 Å². The molecule has 5 nitrogen and oxygen atoms in total. The Balaban J connectivity index is 2.04. The summed E-state index contributed by atoms with van der Waals surface area (Å²) < 4.78 is 0. The lowest BCUT2D eigenvalue weighted by Gasteiger charge is -2.15. The van der Waals surface area contributed by atoms with Crippen molar-refractivity contribution in [3.63, 3.8) is 0 Å². The maximum atomic E-state index is 11.8. The van der Waals surface area contributed by atoms with Crippen molar-refractivity contribution in [3.8, 4) is 11.1 Å². The van der Waals surface area contributed by atoms with Crippen molar-refractivity contribution in [3.05, 3.63) is 41.1 Å². The predicted molar refractivity (Wildman–Crippen MR) is 85.4 cm³/mol. The summed E-state index contributed by atoms with van der Waals surface area (Å²) in [7, 11) is 1.46. The first-order valence-corrected chi connectivity index (χ1v) is 7.46. The first kappa shape index (κ1) is 15.1. The number of benzene rings is 1. The molecule has 2 rings (SSSR count). The Labute approximate surface area is 127 Å². The minimum atomic E-state index is -0.514. The summed E-state index contributed by atoms with van der Waals surface area (Å²) in [5.74, 6) is -0.379. The lowest BCUT2D eigenvalue weighted by Crippen LogP contribution is -2.44. The van der Waals surface area contributed by atoms with E-state index in [1.165, 1.54) is 7.05 Å². The van der Waals surface area contributed by atoms with E-state index < -0.39 is 12.1 Å². The van der Waals surface area contributed by atoms with Crippen molar-refractivity contribution < 1.29 is 9.59 Å². The average Bonchev–Trinajstić information content (AvgIpc) is 3.01. The molecule has 0 spiro atoms. The predicted octanol–water partition coefficient (Wildman–Crippen LogP) is 2.67. The van der Waals surface area contributed by atoms with Gasteiger partial charge in [-0.15, -0.1) is 0 Å². The molecular formula is C15H17N3O2S. The van der Waals surface area contributed by atoms with Gasteiger partial charge in [-0.1, -0.05) is 12.1 Å². The van der Waals surface area contributed by atoms with Gasteiger partial charge in [0.15, 0.2) is 0 Å². The first-order valence-electron chi connectivity index (χ1n) is 6.52. The summed E-state index contributed by atoms with van der Waals surface area (Å²) in [5, 5.41) is 11.8. The maximum Gasteiger partial charge on any atom is 0.321 e. The van der Waals surface area contributed by atoms with Gasteiger partial charge in [0.05, 0.1) is 0 Å². The van der Waals surface area contributed by atoms with Gasteiger partial charge < -0.3 is 10.6 Å². The van der Waals surface area contributed by atoms with Gasteiger partial charge in [0.25, 0.3) is 0 Å². The number of hydrogen-bond donors (Lipinski definition) is 3. The molecule has 0 radical (unpaired) electrons. The Morgan fingerprint density at radius 2 is 2.00 bits per heavy atom. The Kier molecular flexibility index (Phi) is 4.94. The maximum absolute atomic E-state index is 11.8. The quantitative estimate of drug-likeness (QED) is 0.813. The van der Waals surface area contributed by atoms with Crippen molar-refractivity contribution in [2.45, 2.75) is 13.0 Å². The van der Waals surface area contributed by atoms with E-state index in [1.807, 2.05) is 35.7 Å². The molecule has 0 saturated carbocycles. The van der Waals surface area contributed by atoms with Crippen LogP contribution < -0.4 is 16.0 Å². The number of anilines is 1. The van der Waals surface area contributed by atoms with Crippen molar-refractivity contribution in [1.82, 2.24) is 10.6 Å². The molecule has 110 valence electrons. The fourth-order valence-corrected chi connectivity index (χ4v) is 2.48. The van der Waals surface area contributed by atoms with Crippen LogP contribution >= 0.6 is 11.3 Å². The van der Waals surface area contributed by atoms with Gasteiger partial charge in [-0.3, -0.25) is 10.1 Å². The first-order chi connectivity index (χ1) is 10.1. The number of urea groups is 1. The van der Waals surface area contributed by atoms with Gasteiger partial charge in [-0.25, -0.2) is 4.79 Å². The Morgan fingerprint density at radius 3 is 2.67 bits per heavy atom. The molecule has 0 aliphatic heterocycles.